The first-order valence-electron chi connectivity index (χ1n) is 12.2. The van der Waals surface area contributed by atoms with E-state index in [9.17, 15) is 14.4 Å². The van der Waals surface area contributed by atoms with E-state index in [0.29, 0.717) is 32.6 Å². The molecule has 1 saturated carbocycles. The highest BCUT2D eigenvalue weighted by Crippen LogP contribution is 2.44. The highest BCUT2D eigenvalue weighted by Gasteiger charge is 2.43. The maximum Gasteiger partial charge on any atom is 0.407 e. The molecule has 0 bridgehead atoms. The van der Waals surface area contributed by atoms with Gasteiger partial charge in [-0.1, -0.05) is 48.5 Å². The zero-order chi connectivity index (χ0) is 24.4. The number of carbonyl (C=O) groups excluding carboxylic acids is 2. The van der Waals surface area contributed by atoms with Gasteiger partial charge in [-0.2, -0.15) is 0 Å². The van der Waals surface area contributed by atoms with Crippen molar-refractivity contribution < 1.29 is 29.0 Å². The van der Waals surface area contributed by atoms with Crippen LogP contribution in [0.3, 0.4) is 0 Å². The maximum absolute atomic E-state index is 12.7. The van der Waals surface area contributed by atoms with Gasteiger partial charge in [0.1, 0.15) is 6.61 Å². The van der Waals surface area contributed by atoms with Gasteiger partial charge in [0, 0.05) is 37.5 Å². The first-order chi connectivity index (χ1) is 17.0. The lowest BCUT2D eigenvalue weighted by atomic mass is 9.92. The summed E-state index contributed by atoms with van der Waals surface area (Å²) in [7, 11) is 0. The van der Waals surface area contributed by atoms with E-state index in [1.54, 1.807) is 0 Å². The highest BCUT2D eigenvalue weighted by atomic mass is 16.5. The molecule has 3 aliphatic rings. The second kappa shape index (κ2) is 10.1. The second-order valence-corrected chi connectivity index (χ2v) is 9.65. The number of alkyl carbamates (subject to hydrolysis) is 1. The molecule has 1 heterocycles. The van der Waals surface area contributed by atoms with Crippen molar-refractivity contribution in [3.05, 3.63) is 59.7 Å². The van der Waals surface area contributed by atoms with Gasteiger partial charge in [0.15, 0.2) is 0 Å². The summed E-state index contributed by atoms with van der Waals surface area (Å²) >= 11 is 0. The number of carboxylic acid groups (broad SMARTS) is 1. The van der Waals surface area contributed by atoms with Gasteiger partial charge in [0.05, 0.1) is 12.5 Å². The number of carbonyl (C=O) groups is 3. The topological polar surface area (TPSA) is 114 Å². The summed E-state index contributed by atoms with van der Waals surface area (Å²) in [6.07, 6.45) is 0.921. The van der Waals surface area contributed by atoms with Crippen molar-refractivity contribution in [1.82, 2.24) is 10.6 Å². The van der Waals surface area contributed by atoms with Crippen LogP contribution in [0.25, 0.3) is 11.1 Å². The van der Waals surface area contributed by atoms with Crippen molar-refractivity contribution in [3.63, 3.8) is 0 Å². The monoisotopic (exact) mass is 478 g/mol. The van der Waals surface area contributed by atoms with Crippen molar-refractivity contribution in [2.75, 3.05) is 26.4 Å². The van der Waals surface area contributed by atoms with Crippen LogP contribution in [0.15, 0.2) is 48.5 Å². The molecule has 8 heteroatoms. The van der Waals surface area contributed by atoms with Gasteiger partial charge in [-0.25, -0.2) is 4.79 Å². The Morgan fingerprint density at radius 2 is 1.69 bits per heavy atom. The van der Waals surface area contributed by atoms with Crippen LogP contribution in [-0.2, 0) is 19.1 Å². The van der Waals surface area contributed by atoms with E-state index < -0.39 is 12.1 Å². The Morgan fingerprint density at radius 1 is 1.00 bits per heavy atom. The van der Waals surface area contributed by atoms with Crippen LogP contribution < -0.4 is 10.6 Å². The molecule has 8 nitrogen and oxygen atoms in total. The van der Waals surface area contributed by atoms with Crippen molar-refractivity contribution in [2.24, 2.45) is 17.8 Å². The van der Waals surface area contributed by atoms with Crippen LogP contribution in [0.4, 0.5) is 4.79 Å². The summed E-state index contributed by atoms with van der Waals surface area (Å²) in [5.74, 6) is -1.49. The van der Waals surface area contributed by atoms with Crippen molar-refractivity contribution >= 4 is 18.0 Å². The second-order valence-electron chi connectivity index (χ2n) is 9.65. The number of hydrogen-bond donors (Lipinski definition) is 3. The van der Waals surface area contributed by atoms with Crippen LogP contribution in [0.2, 0.25) is 0 Å². The summed E-state index contributed by atoms with van der Waals surface area (Å²) in [5, 5.41) is 14.8. The average Bonchev–Trinajstić information content (AvgIpc) is 3.58. The lowest BCUT2D eigenvalue weighted by Gasteiger charge is -2.31. The Kier molecular flexibility index (Phi) is 6.72. The van der Waals surface area contributed by atoms with Gasteiger partial charge in [-0.15, -0.1) is 0 Å². The van der Waals surface area contributed by atoms with Gasteiger partial charge in [0.2, 0.25) is 5.91 Å². The van der Waals surface area contributed by atoms with Gasteiger partial charge in [0.25, 0.3) is 0 Å². The lowest BCUT2D eigenvalue weighted by molar-refractivity contribution is -0.139. The molecular formula is C27H30N2O6. The van der Waals surface area contributed by atoms with E-state index in [0.717, 1.165) is 11.1 Å². The average molecular weight is 479 g/mol. The molecule has 1 aliphatic heterocycles. The number of benzene rings is 2. The summed E-state index contributed by atoms with van der Waals surface area (Å²) in [4.78, 5) is 36.1. The molecule has 0 aromatic heterocycles. The molecule has 0 spiro atoms. The predicted octanol–water partition coefficient (Wildman–Crippen LogP) is 3.16. The molecule has 2 aliphatic carbocycles. The van der Waals surface area contributed by atoms with Crippen molar-refractivity contribution in [2.45, 2.75) is 31.2 Å². The summed E-state index contributed by atoms with van der Waals surface area (Å²) in [6.45, 7) is 1.49. The van der Waals surface area contributed by atoms with Crippen LogP contribution in [0.1, 0.15) is 36.3 Å². The Balaban J connectivity index is 1.13. The Labute approximate surface area is 204 Å². The number of aliphatic carboxylic acids is 1. The SMILES string of the molecule is O=C(CC1COCCC1NC(=O)OCC1c2ccccc2-c2ccccc21)NC[C@H]1C[C@H]1C(=O)O. The lowest BCUT2D eigenvalue weighted by Crippen LogP contribution is -2.47. The predicted molar refractivity (Wildman–Crippen MR) is 128 cm³/mol. The van der Waals surface area contributed by atoms with Crippen LogP contribution >= 0.6 is 0 Å². The third kappa shape index (κ3) is 5.17. The van der Waals surface area contributed by atoms with Gasteiger partial charge in [-0.05, 0) is 41.0 Å². The zero-order valence-electron chi connectivity index (χ0n) is 19.4. The smallest absolute Gasteiger partial charge is 0.407 e. The van der Waals surface area contributed by atoms with E-state index in [1.165, 1.54) is 11.1 Å². The normalized spacial score (nSPS) is 24.7. The van der Waals surface area contributed by atoms with E-state index in [4.69, 9.17) is 14.6 Å². The first-order valence-corrected chi connectivity index (χ1v) is 12.2. The fourth-order valence-corrected chi connectivity index (χ4v) is 5.31. The fraction of sp³-hybridized carbons (Fsp3) is 0.444. The molecule has 5 rings (SSSR count). The third-order valence-electron chi connectivity index (χ3n) is 7.37. The highest BCUT2D eigenvalue weighted by molar-refractivity contribution is 5.79. The van der Waals surface area contributed by atoms with Crippen LogP contribution in [0, 0.1) is 17.8 Å². The van der Waals surface area contributed by atoms with Crippen molar-refractivity contribution in [1.29, 1.82) is 0 Å². The maximum atomic E-state index is 12.7. The van der Waals surface area contributed by atoms with Gasteiger partial charge >= 0.3 is 12.1 Å². The summed E-state index contributed by atoms with van der Waals surface area (Å²) in [5.41, 5.74) is 4.66. The molecule has 2 unspecified atom stereocenters. The number of hydrogen-bond acceptors (Lipinski definition) is 5. The number of fused-ring (bicyclic) bond motifs is 3. The van der Waals surface area contributed by atoms with Crippen LogP contribution in [-0.4, -0.2) is 55.5 Å². The number of rotatable bonds is 8. The number of nitrogens with one attached hydrogen (secondary N) is 2. The van der Waals surface area contributed by atoms with Crippen LogP contribution in [0.5, 0.6) is 0 Å². The Hall–Kier alpha value is -3.39. The molecule has 2 fully saturated rings. The van der Waals surface area contributed by atoms with Gasteiger partial charge < -0.3 is 25.2 Å². The molecule has 0 radical (unpaired) electrons. The third-order valence-corrected chi connectivity index (χ3v) is 7.37. The number of amides is 2. The zero-order valence-corrected chi connectivity index (χ0v) is 19.4. The first kappa shape index (κ1) is 23.4. The van der Waals surface area contributed by atoms with E-state index >= 15 is 0 Å². The quantitative estimate of drug-likeness (QED) is 0.537. The van der Waals surface area contributed by atoms with E-state index in [1.807, 2.05) is 24.3 Å². The minimum absolute atomic E-state index is 0.00815. The minimum Gasteiger partial charge on any atom is -0.481 e. The Bertz CT molecular complexity index is 1070. The molecule has 3 N–H and O–H groups in total. The summed E-state index contributed by atoms with van der Waals surface area (Å²) < 4.78 is 11.2. The van der Waals surface area contributed by atoms with Crippen molar-refractivity contribution in [3.8, 4) is 11.1 Å². The van der Waals surface area contributed by atoms with E-state index in [2.05, 4.69) is 34.9 Å². The molecule has 184 valence electrons. The molecule has 2 aromatic carbocycles. The number of ether oxygens (including phenoxy) is 2. The molecule has 2 amide bonds. The number of carboxylic acids is 1. The van der Waals surface area contributed by atoms with E-state index in [-0.39, 0.29) is 48.6 Å². The molecular weight excluding hydrogens is 448 g/mol. The Morgan fingerprint density at radius 3 is 2.34 bits per heavy atom. The largest absolute Gasteiger partial charge is 0.481 e. The molecule has 4 atom stereocenters. The molecule has 2 aromatic rings. The standard InChI is InChI=1S/C27H30N2O6/c30-25(28-13-16-11-22(16)26(31)32)12-17-14-34-10-9-24(17)29-27(33)35-15-23-20-7-3-1-5-18(20)19-6-2-4-8-21(19)23/h1-8,16-17,22-24H,9-15H2,(H,28,30)(H,29,33)(H,31,32)/t16-,17?,22-,24?/m1/s1. The van der Waals surface area contributed by atoms with Gasteiger partial charge in [-0.3, -0.25) is 9.59 Å². The summed E-state index contributed by atoms with van der Waals surface area (Å²) in [6, 6.07) is 16.2. The fourth-order valence-electron chi connectivity index (χ4n) is 5.31. The molecule has 1 saturated heterocycles. The minimum atomic E-state index is -0.808. The molecule has 35 heavy (non-hydrogen) atoms.